The minimum Gasteiger partial charge on any atom is -0.306 e. The number of para-hydroxylation sites is 1. The number of nitrogens with zero attached hydrogens (tertiary/aromatic N) is 2. The molecule has 0 saturated carbocycles. The van der Waals surface area contributed by atoms with Crippen molar-refractivity contribution >= 4 is 33.4 Å². The first-order valence-corrected chi connectivity index (χ1v) is 13.8. The van der Waals surface area contributed by atoms with Gasteiger partial charge in [-0.15, -0.1) is 0 Å². The predicted octanol–water partition coefficient (Wildman–Crippen LogP) is 8.67. The molecule has 1 aromatic heterocycles. The van der Waals surface area contributed by atoms with E-state index in [1.54, 1.807) is 0 Å². The van der Waals surface area contributed by atoms with Crippen molar-refractivity contribution in [2.45, 2.75) is 12.0 Å². The van der Waals surface area contributed by atoms with Crippen molar-refractivity contribution in [2.24, 2.45) is 0 Å². The summed E-state index contributed by atoms with van der Waals surface area (Å²) >= 11 is 0. The van der Waals surface area contributed by atoms with Gasteiger partial charge in [-0.2, -0.15) is 0 Å². The molecule has 2 aliphatic heterocycles. The highest BCUT2D eigenvalue weighted by molar-refractivity contribution is 6.23. The van der Waals surface area contributed by atoms with Crippen LogP contribution in [-0.2, 0) is 0 Å². The number of amides is 1. The number of fused-ring (bicyclic) bond motifs is 7. The van der Waals surface area contributed by atoms with Crippen LogP contribution < -0.4 is 4.90 Å². The van der Waals surface area contributed by atoms with Crippen LogP contribution >= 0.6 is 0 Å². The molecule has 1 aliphatic carbocycles. The molecule has 3 nitrogen and oxygen atoms in total. The standard InChI is InChI=1S/C37H24N2O/c40-37-29-16-9-15-28-30-20-25(23-10-3-1-4-11-23)18-19-33(30)38(35(28)29)34-22-26(24-12-5-2-6-13-24)21-31-27-14-7-8-17-32(27)39(37)36(31)34/h1-22,27,32H. The summed E-state index contributed by atoms with van der Waals surface area (Å²) in [6, 6.07) is 38.5. The molecule has 2 atom stereocenters. The van der Waals surface area contributed by atoms with Crippen molar-refractivity contribution in [3.05, 3.63) is 145 Å². The summed E-state index contributed by atoms with van der Waals surface area (Å²) in [5, 5.41) is 2.27. The molecular formula is C37H24N2O. The first-order valence-electron chi connectivity index (χ1n) is 13.8. The highest BCUT2D eigenvalue weighted by Crippen LogP contribution is 2.52. The second kappa shape index (κ2) is 7.93. The number of allylic oxidation sites excluding steroid dienone is 2. The Kier molecular flexibility index (Phi) is 4.31. The molecule has 3 aliphatic rings. The van der Waals surface area contributed by atoms with E-state index in [4.69, 9.17) is 0 Å². The van der Waals surface area contributed by atoms with Crippen molar-refractivity contribution in [2.75, 3.05) is 4.90 Å². The van der Waals surface area contributed by atoms with Gasteiger partial charge in [0.15, 0.2) is 0 Å². The van der Waals surface area contributed by atoms with Crippen LogP contribution in [-0.4, -0.2) is 16.5 Å². The SMILES string of the molecule is O=C1c2cccc3c4cc(-c5ccccc5)ccc4n(c23)-c2cc(-c3ccccc3)cc3c2N1C1C=CC=CC31. The van der Waals surface area contributed by atoms with E-state index in [0.717, 1.165) is 38.7 Å². The Bertz CT molecular complexity index is 2080. The van der Waals surface area contributed by atoms with Crippen LogP contribution in [0.15, 0.2) is 133 Å². The molecule has 0 radical (unpaired) electrons. The van der Waals surface area contributed by atoms with Crippen molar-refractivity contribution in [3.63, 3.8) is 0 Å². The molecule has 0 N–H and O–H groups in total. The van der Waals surface area contributed by atoms with Gasteiger partial charge in [0.25, 0.3) is 5.91 Å². The van der Waals surface area contributed by atoms with E-state index in [1.807, 2.05) is 18.2 Å². The smallest absolute Gasteiger partial charge is 0.261 e. The normalized spacial score (nSPS) is 18.3. The highest BCUT2D eigenvalue weighted by Gasteiger charge is 2.44. The third kappa shape index (κ3) is 2.81. The van der Waals surface area contributed by atoms with Crippen molar-refractivity contribution < 1.29 is 4.79 Å². The van der Waals surface area contributed by atoms with Gasteiger partial charge in [-0.1, -0.05) is 103 Å². The summed E-state index contributed by atoms with van der Waals surface area (Å²) in [6.07, 6.45) is 8.62. The van der Waals surface area contributed by atoms with Crippen LogP contribution in [0, 0.1) is 0 Å². The van der Waals surface area contributed by atoms with E-state index in [2.05, 4.69) is 125 Å². The second-order valence-corrected chi connectivity index (χ2v) is 10.9. The summed E-state index contributed by atoms with van der Waals surface area (Å²) in [6.45, 7) is 0. The van der Waals surface area contributed by atoms with Crippen LogP contribution in [0.5, 0.6) is 0 Å². The fourth-order valence-electron chi connectivity index (χ4n) is 7.07. The first kappa shape index (κ1) is 21.7. The zero-order valence-corrected chi connectivity index (χ0v) is 21.7. The average molecular weight is 513 g/mol. The van der Waals surface area contributed by atoms with E-state index in [-0.39, 0.29) is 17.9 Å². The Morgan fingerprint density at radius 1 is 0.600 bits per heavy atom. The van der Waals surface area contributed by atoms with Crippen molar-refractivity contribution in [1.82, 2.24) is 4.57 Å². The Labute approximate surface area is 231 Å². The number of benzene rings is 5. The van der Waals surface area contributed by atoms with E-state index < -0.39 is 0 Å². The number of carbonyl (C=O) groups is 1. The summed E-state index contributed by atoms with van der Waals surface area (Å²) in [4.78, 5) is 16.5. The molecule has 0 spiro atoms. The molecule has 3 heteroatoms. The van der Waals surface area contributed by atoms with Crippen LogP contribution in [0.3, 0.4) is 0 Å². The van der Waals surface area contributed by atoms with Gasteiger partial charge in [0, 0.05) is 16.7 Å². The van der Waals surface area contributed by atoms with E-state index in [9.17, 15) is 4.79 Å². The van der Waals surface area contributed by atoms with Crippen LogP contribution in [0.25, 0.3) is 49.7 Å². The van der Waals surface area contributed by atoms with E-state index in [1.165, 1.54) is 27.8 Å². The Hall–Kier alpha value is -5.15. The largest absolute Gasteiger partial charge is 0.306 e. The quantitative estimate of drug-likeness (QED) is 0.228. The topological polar surface area (TPSA) is 25.2 Å². The van der Waals surface area contributed by atoms with Gasteiger partial charge in [0.2, 0.25) is 0 Å². The van der Waals surface area contributed by atoms with Gasteiger partial charge in [0.1, 0.15) is 0 Å². The van der Waals surface area contributed by atoms with Crippen molar-refractivity contribution in [3.8, 4) is 27.9 Å². The third-order valence-electron chi connectivity index (χ3n) is 8.81. The molecule has 3 heterocycles. The number of rotatable bonds is 2. The van der Waals surface area contributed by atoms with Crippen LogP contribution in [0.4, 0.5) is 5.69 Å². The van der Waals surface area contributed by atoms with Crippen LogP contribution in [0.1, 0.15) is 21.8 Å². The maximum absolute atomic E-state index is 14.5. The number of hydrogen-bond acceptors (Lipinski definition) is 1. The fraction of sp³-hybridized carbons (Fsp3) is 0.0541. The lowest BCUT2D eigenvalue weighted by Crippen LogP contribution is -2.38. The average Bonchev–Trinajstić information content (AvgIpc) is 3.50. The molecular weight excluding hydrogens is 488 g/mol. The lowest BCUT2D eigenvalue weighted by Gasteiger charge is -2.26. The van der Waals surface area contributed by atoms with Crippen molar-refractivity contribution in [1.29, 1.82) is 0 Å². The summed E-state index contributed by atoms with van der Waals surface area (Å²) < 4.78 is 2.35. The lowest BCUT2D eigenvalue weighted by atomic mass is 9.89. The number of anilines is 1. The molecule has 5 aromatic carbocycles. The Morgan fingerprint density at radius 2 is 1.35 bits per heavy atom. The summed E-state index contributed by atoms with van der Waals surface area (Å²) in [5.74, 6) is 0.191. The second-order valence-electron chi connectivity index (χ2n) is 10.9. The molecule has 0 saturated heterocycles. The van der Waals surface area contributed by atoms with Gasteiger partial charge in [-0.3, -0.25) is 9.69 Å². The minimum absolute atomic E-state index is 0.0342. The first-order chi connectivity index (χ1) is 19.8. The molecule has 6 aromatic rings. The monoisotopic (exact) mass is 512 g/mol. The molecule has 9 rings (SSSR count). The molecule has 40 heavy (non-hydrogen) atoms. The number of hydrogen-bond donors (Lipinski definition) is 0. The van der Waals surface area contributed by atoms with Gasteiger partial charge < -0.3 is 4.57 Å². The Balaban J connectivity index is 1.42. The lowest BCUT2D eigenvalue weighted by molar-refractivity contribution is 0.0984. The summed E-state index contributed by atoms with van der Waals surface area (Å²) in [5.41, 5.74) is 10.9. The summed E-state index contributed by atoms with van der Waals surface area (Å²) in [7, 11) is 0. The maximum Gasteiger partial charge on any atom is 0.261 e. The minimum atomic E-state index is -0.0342. The highest BCUT2D eigenvalue weighted by atomic mass is 16.2. The van der Waals surface area contributed by atoms with Gasteiger partial charge in [-0.25, -0.2) is 0 Å². The zero-order chi connectivity index (χ0) is 26.4. The van der Waals surface area contributed by atoms with Gasteiger partial charge in [0.05, 0.1) is 34.0 Å². The van der Waals surface area contributed by atoms with Crippen LogP contribution in [0.2, 0.25) is 0 Å². The predicted molar refractivity (Wildman–Crippen MR) is 163 cm³/mol. The molecule has 188 valence electrons. The molecule has 2 unspecified atom stereocenters. The molecule has 1 amide bonds. The number of carbonyl (C=O) groups excluding carboxylic acids is 1. The van der Waals surface area contributed by atoms with E-state index >= 15 is 0 Å². The Morgan fingerprint density at radius 3 is 2.15 bits per heavy atom. The molecule has 0 fully saturated rings. The van der Waals surface area contributed by atoms with E-state index in [0.29, 0.717) is 0 Å². The third-order valence-corrected chi connectivity index (χ3v) is 8.81. The maximum atomic E-state index is 14.5. The number of aromatic nitrogens is 1. The van der Waals surface area contributed by atoms with Gasteiger partial charge in [-0.05, 0) is 58.1 Å². The van der Waals surface area contributed by atoms with Gasteiger partial charge >= 0.3 is 0 Å². The zero-order valence-electron chi connectivity index (χ0n) is 21.7. The molecule has 0 bridgehead atoms. The fourth-order valence-corrected chi connectivity index (χ4v) is 7.07.